The van der Waals surface area contributed by atoms with Crippen LogP contribution in [0.5, 0.6) is 0 Å². The number of aryl methyl sites for hydroxylation is 1. The fraction of sp³-hybridized carbons (Fsp3) is 0.333. The maximum absolute atomic E-state index is 6.20. The standard InChI is InChI=1S/C24H25ClN6S/c1-14-20(5-3-18(28-14)10-15-6-8-26-9-7-15)30-24-27-13-16-11-22(32)29-21-12-17(25)2-4-19(21)23(16)31-24/h2-5,12-13,15,26H,6-11H2,1H3,(H,29,32)(H,27,30,31). The molecule has 0 unspecified atom stereocenters. The normalized spacial score (nSPS) is 16.0. The van der Waals surface area contributed by atoms with E-state index in [2.05, 4.69) is 33.1 Å². The Hall–Kier alpha value is -2.61. The molecule has 2 aliphatic heterocycles. The first-order valence-corrected chi connectivity index (χ1v) is 11.7. The molecule has 32 heavy (non-hydrogen) atoms. The van der Waals surface area contributed by atoms with E-state index >= 15 is 0 Å². The Morgan fingerprint density at radius 1 is 1.16 bits per heavy atom. The van der Waals surface area contributed by atoms with Gasteiger partial charge in [0.2, 0.25) is 5.95 Å². The Balaban J connectivity index is 1.40. The summed E-state index contributed by atoms with van der Waals surface area (Å²) in [6, 6.07) is 9.91. The lowest BCUT2D eigenvalue weighted by Crippen LogP contribution is -2.28. The first-order chi connectivity index (χ1) is 15.5. The number of thiocarbonyl (C=S) groups is 1. The molecule has 6 nitrogen and oxygen atoms in total. The third-order valence-electron chi connectivity index (χ3n) is 6.07. The van der Waals surface area contributed by atoms with Gasteiger partial charge in [0, 0.05) is 40.1 Å². The van der Waals surface area contributed by atoms with Crippen LogP contribution in [0.2, 0.25) is 5.02 Å². The van der Waals surface area contributed by atoms with E-state index in [0.29, 0.717) is 23.3 Å². The smallest absolute Gasteiger partial charge is 0.227 e. The van der Waals surface area contributed by atoms with Gasteiger partial charge in [-0.15, -0.1) is 0 Å². The number of halogens is 1. The zero-order valence-corrected chi connectivity index (χ0v) is 19.5. The maximum Gasteiger partial charge on any atom is 0.227 e. The second-order valence-corrected chi connectivity index (χ2v) is 9.37. The maximum atomic E-state index is 6.20. The third-order valence-corrected chi connectivity index (χ3v) is 6.55. The van der Waals surface area contributed by atoms with E-state index in [1.54, 1.807) is 0 Å². The predicted octanol–water partition coefficient (Wildman–Crippen LogP) is 5.08. The van der Waals surface area contributed by atoms with Gasteiger partial charge in [0.05, 0.1) is 22.1 Å². The van der Waals surface area contributed by atoms with Crippen LogP contribution in [0.1, 0.15) is 29.8 Å². The van der Waals surface area contributed by atoms with Crippen LogP contribution in [-0.4, -0.2) is 33.0 Å². The zero-order valence-electron chi connectivity index (χ0n) is 17.9. The predicted molar refractivity (Wildman–Crippen MR) is 134 cm³/mol. The van der Waals surface area contributed by atoms with E-state index in [4.69, 9.17) is 33.8 Å². The molecule has 3 aromatic rings. The summed E-state index contributed by atoms with van der Waals surface area (Å²) in [6.45, 7) is 4.24. The van der Waals surface area contributed by atoms with E-state index in [0.717, 1.165) is 64.1 Å². The molecule has 0 amide bonds. The molecule has 0 spiro atoms. The first kappa shape index (κ1) is 21.2. The lowest BCUT2D eigenvalue weighted by molar-refractivity contribution is 0.370. The van der Waals surface area contributed by atoms with Crippen LogP contribution in [-0.2, 0) is 12.8 Å². The second kappa shape index (κ2) is 9.10. The van der Waals surface area contributed by atoms with Crippen molar-refractivity contribution in [1.29, 1.82) is 0 Å². The molecule has 1 fully saturated rings. The second-order valence-electron chi connectivity index (χ2n) is 8.44. The Morgan fingerprint density at radius 2 is 2.00 bits per heavy atom. The zero-order chi connectivity index (χ0) is 22.1. The molecular formula is C24H25ClN6S. The first-order valence-electron chi connectivity index (χ1n) is 10.9. The van der Waals surface area contributed by atoms with Crippen LogP contribution < -0.4 is 16.0 Å². The number of rotatable bonds is 4. The summed E-state index contributed by atoms with van der Waals surface area (Å²) in [6.07, 6.45) is 5.90. The topological polar surface area (TPSA) is 74.8 Å². The van der Waals surface area contributed by atoms with Crippen molar-refractivity contribution in [3.63, 3.8) is 0 Å². The van der Waals surface area contributed by atoms with Crippen LogP contribution in [0.25, 0.3) is 11.3 Å². The Bertz CT molecular complexity index is 1180. The number of nitrogens with one attached hydrogen (secondary N) is 3. The van der Waals surface area contributed by atoms with Crippen LogP contribution in [0.4, 0.5) is 17.3 Å². The van der Waals surface area contributed by atoms with Gasteiger partial charge in [-0.2, -0.15) is 0 Å². The van der Waals surface area contributed by atoms with Crippen molar-refractivity contribution >= 4 is 46.1 Å². The van der Waals surface area contributed by atoms with Crippen molar-refractivity contribution in [2.75, 3.05) is 23.7 Å². The molecule has 0 radical (unpaired) electrons. The third kappa shape index (κ3) is 4.60. The molecule has 2 aliphatic rings. The van der Waals surface area contributed by atoms with Gasteiger partial charge in [0.25, 0.3) is 0 Å². The molecule has 0 saturated carbocycles. The number of anilines is 3. The summed E-state index contributed by atoms with van der Waals surface area (Å²) >= 11 is 11.7. The van der Waals surface area contributed by atoms with Crippen LogP contribution in [0.3, 0.4) is 0 Å². The Morgan fingerprint density at radius 3 is 2.81 bits per heavy atom. The van der Waals surface area contributed by atoms with Crippen molar-refractivity contribution in [2.45, 2.75) is 32.6 Å². The van der Waals surface area contributed by atoms with Crippen molar-refractivity contribution in [2.24, 2.45) is 5.92 Å². The van der Waals surface area contributed by atoms with Crippen molar-refractivity contribution in [3.8, 4) is 11.3 Å². The molecule has 3 N–H and O–H groups in total. The van der Waals surface area contributed by atoms with Gasteiger partial charge in [-0.1, -0.05) is 23.8 Å². The quantitative estimate of drug-likeness (QED) is 0.465. The Labute approximate surface area is 198 Å². The van der Waals surface area contributed by atoms with E-state index in [1.807, 2.05) is 31.3 Å². The molecule has 0 aliphatic carbocycles. The number of fused-ring (bicyclic) bond motifs is 3. The highest BCUT2D eigenvalue weighted by Gasteiger charge is 2.20. The van der Waals surface area contributed by atoms with Gasteiger partial charge >= 0.3 is 0 Å². The van der Waals surface area contributed by atoms with Crippen LogP contribution in [0.15, 0.2) is 36.5 Å². The number of aromatic nitrogens is 3. The number of nitrogens with zero attached hydrogens (tertiary/aromatic N) is 3. The molecule has 4 heterocycles. The number of hydrogen-bond acceptors (Lipinski definition) is 6. The van der Waals surface area contributed by atoms with Crippen molar-refractivity contribution < 1.29 is 0 Å². The highest BCUT2D eigenvalue weighted by Crippen LogP contribution is 2.35. The van der Waals surface area contributed by atoms with E-state index in [-0.39, 0.29) is 0 Å². The average molecular weight is 465 g/mol. The van der Waals surface area contributed by atoms with Gasteiger partial charge < -0.3 is 16.0 Å². The highest BCUT2D eigenvalue weighted by atomic mass is 35.5. The van der Waals surface area contributed by atoms with E-state index in [9.17, 15) is 0 Å². The lowest BCUT2D eigenvalue weighted by Gasteiger charge is -2.22. The largest absolute Gasteiger partial charge is 0.349 e. The molecular weight excluding hydrogens is 440 g/mol. The minimum atomic E-state index is 0.536. The molecule has 8 heteroatoms. The fourth-order valence-electron chi connectivity index (χ4n) is 4.38. The summed E-state index contributed by atoms with van der Waals surface area (Å²) in [7, 11) is 0. The summed E-state index contributed by atoms with van der Waals surface area (Å²) in [5.74, 6) is 1.25. The summed E-state index contributed by atoms with van der Waals surface area (Å²) < 4.78 is 0. The fourth-order valence-corrected chi connectivity index (χ4v) is 4.82. The molecule has 2 aromatic heterocycles. The summed E-state index contributed by atoms with van der Waals surface area (Å²) in [5, 5.41) is 10.7. The van der Waals surface area contributed by atoms with E-state index in [1.165, 1.54) is 12.8 Å². The SMILES string of the molecule is Cc1nc(CC2CCNCC2)ccc1Nc1ncc2c(n1)-c1ccc(Cl)cc1NC(=S)C2. The molecule has 1 saturated heterocycles. The summed E-state index contributed by atoms with van der Waals surface area (Å²) in [4.78, 5) is 14.9. The van der Waals surface area contributed by atoms with Crippen LogP contribution in [0, 0.1) is 12.8 Å². The monoisotopic (exact) mass is 464 g/mol. The molecule has 164 valence electrons. The highest BCUT2D eigenvalue weighted by molar-refractivity contribution is 7.80. The van der Waals surface area contributed by atoms with Gasteiger partial charge in [-0.3, -0.25) is 4.98 Å². The van der Waals surface area contributed by atoms with Gasteiger partial charge in [-0.05, 0) is 75.5 Å². The van der Waals surface area contributed by atoms with Gasteiger partial charge in [-0.25, -0.2) is 9.97 Å². The molecule has 0 bridgehead atoms. The number of piperidine rings is 1. The van der Waals surface area contributed by atoms with Gasteiger partial charge in [0.15, 0.2) is 0 Å². The van der Waals surface area contributed by atoms with Crippen LogP contribution >= 0.6 is 23.8 Å². The minimum Gasteiger partial charge on any atom is -0.349 e. The molecule has 0 atom stereocenters. The van der Waals surface area contributed by atoms with Crippen molar-refractivity contribution in [3.05, 3.63) is 58.5 Å². The lowest BCUT2D eigenvalue weighted by atomic mass is 9.93. The van der Waals surface area contributed by atoms with E-state index < -0.39 is 0 Å². The number of hydrogen-bond donors (Lipinski definition) is 3. The van der Waals surface area contributed by atoms with Gasteiger partial charge in [0.1, 0.15) is 0 Å². The minimum absolute atomic E-state index is 0.536. The average Bonchev–Trinajstić information content (AvgIpc) is 2.91. The number of pyridine rings is 1. The number of benzene rings is 1. The summed E-state index contributed by atoms with van der Waals surface area (Å²) in [5.41, 5.74) is 6.68. The molecule has 1 aromatic carbocycles. The molecule has 5 rings (SSSR count). The Kier molecular flexibility index (Phi) is 6.04. The van der Waals surface area contributed by atoms with Crippen molar-refractivity contribution in [1.82, 2.24) is 20.3 Å².